The fourth-order valence-electron chi connectivity index (χ4n) is 2.68. The molecule has 1 N–H and O–H groups in total. The standard InChI is InChI=1S/C13H22N2O2S2/c1-5-14-9-6-13(2,3)7-10-12(9)18-11(15-10)8-19(4,16)17/h9,14H,5-8H2,1-4H3. The van der Waals surface area contributed by atoms with Gasteiger partial charge >= 0.3 is 0 Å². The molecule has 0 spiro atoms. The van der Waals surface area contributed by atoms with Gasteiger partial charge in [0.25, 0.3) is 0 Å². The molecule has 1 atom stereocenters. The van der Waals surface area contributed by atoms with Crippen LogP contribution in [-0.4, -0.2) is 26.2 Å². The number of rotatable bonds is 4. The molecule has 1 aromatic heterocycles. The van der Waals surface area contributed by atoms with Gasteiger partial charge in [0.1, 0.15) is 10.8 Å². The van der Waals surface area contributed by atoms with Gasteiger partial charge in [-0.15, -0.1) is 11.3 Å². The summed E-state index contributed by atoms with van der Waals surface area (Å²) in [6, 6.07) is 0.314. The summed E-state index contributed by atoms with van der Waals surface area (Å²) in [5.41, 5.74) is 1.31. The molecule has 19 heavy (non-hydrogen) atoms. The van der Waals surface area contributed by atoms with Gasteiger partial charge in [0, 0.05) is 17.2 Å². The molecule has 2 rings (SSSR count). The zero-order valence-corrected chi connectivity index (χ0v) is 13.6. The van der Waals surface area contributed by atoms with Crippen molar-refractivity contribution in [3.05, 3.63) is 15.6 Å². The van der Waals surface area contributed by atoms with Gasteiger partial charge in [-0.05, 0) is 24.8 Å². The van der Waals surface area contributed by atoms with Crippen molar-refractivity contribution in [3.8, 4) is 0 Å². The van der Waals surface area contributed by atoms with Gasteiger partial charge in [-0.1, -0.05) is 20.8 Å². The first-order valence-electron chi connectivity index (χ1n) is 6.60. The Hall–Kier alpha value is -0.460. The molecule has 1 unspecified atom stereocenters. The Labute approximate surface area is 119 Å². The van der Waals surface area contributed by atoms with E-state index in [2.05, 4.69) is 31.1 Å². The molecule has 4 nitrogen and oxygen atoms in total. The van der Waals surface area contributed by atoms with Crippen LogP contribution >= 0.6 is 11.3 Å². The lowest BCUT2D eigenvalue weighted by Crippen LogP contribution is -2.32. The molecule has 0 fully saturated rings. The van der Waals surface area contributed by atoms with Crippen LogP contribution in [0.15, 0.2) is 0 Å². The Morgan fingerprint density at radius 3 is 2.74 bits per heavy atom. The Morgan fingerprint density at radius 1 is 1.47 bits per heavy atom. The van der Waals surface area contributed by atoms with E-state index in [-0.39, 0.29) is 11.2 Å². The number of fused-ring (bicyclic) bond motifs is 1. The average molecular weight is 302 g/mol. The first kappa shape index (κ1) is 14.9. The Kier molecular flexibility index (Phi) is 4.05. The predicted molar refractivity (Wildman–Crippen MR) is 79.2 cm³/mol. The van der Waals surface area contributed by atoms with E-state index in [0.717, 1.165) is 30.1 Å². The highest BCUT2D eigenvalue weighted by atomic mass is 32.2. The van der Waals surface area contributed by atoms with Crippen molar-refractivity contribution in [2.45, 2.75) is 45.4 Å². The summed E-state index contributed by atoms with van der Waals surface area (Å²) in [6.45, 7) is 7.50. The molecule has 0 aromatic carbocycles. The van der Waals surface area contributed by atoms with Crippen LogP contribution in [0, 0.1) is 5.41 Å². The monoisotopic (exact) mass is 302 g/mol. The normalized spacial score (nSPS) is 22.2. The second-order valence-electron chi connectivity index (χ2n) is 6.14. The summed E-state index contributed by atoms with van der Waals surface area (Å²) in [7, 11) is -3.01. The summed E-state index contributed by atoms with van der Waals surface area (Å²) < 4.78 is 22.8. The van der Waals surface area contributed by atoms with Gasteiger partial charge in [-0.3, -0.25) is 0 Å². The van der Waals surface area contributed by atoms with E-state index in [1.165, 1.54) is 11.1 Å². The fraction of sp³-hybridized carbons (Fsp3) is 0.769. The van der Waals surface area contributed by atoms with E-state index in [1.807, 2.05) is 0 Å². The van der Waals surface area contributed by atoms with Gasteiger partial charge in [0.15, 0.2) is 9.84 Å². The second kappa shape index (κ2) is 5.14. The van der Waals surface area contributed by atoms with E-state index < -0.39 is 9.84 Å². The molecular weight excluding hydrogens is 280 g/mol. The summed E-state index contributed by atoms with van der Waals surface area (Å²) in [5, 5.41) is 4.22. The molecule has 1 aromatic rings. The maximum Gasteiger partial charge on any atom is 0.153 e. The third-order valence-corrected chi connectivity index (χ3v) is 5.52. The molecule has 6 heteroatoms. The molecule has 0 radical (unpaired) electrons. The van der Waals surface area contributed by atoms with Crippen LogP contribution in [0.5, 0.6) is 0 Å². The van der Waals surface area contributed by atoms with Crippen molar-refractivity contribution >= 4 is 21.2 Å². The zero-order valence-electron chi connectivity index (χ0n) is 12.0. The summed E-state index contributed by atoms with van der Waals surface area (Å²) in [5.74, 6) is 0.0595. The van der Waals surface area contributed by atoms with E-state index in [0.29, 0.717) is 6.04 Å². The molecule has 1 heterocycles. The highest BCUT2D eigenvalue weighted by Crippen LogP contribution is 2.43. The highest BCUT2D eigenvalue weighted by molar-refractivity contribution is 7.90. The molecule has 0 saturated carbocycles. The Bertz CT molecular complexity index is 561. The van der Waals surface area contributed by atoms with Crippen LogP contribution in [0.3, 0.4) is 0 Å². The van der Waals surface area contributed by atoms with Gasteiger partial charge in [-0.25, -0.2) is 13.4 Å². The highest BCUT2D eigenvalue weighted by Gasteiger charge is 2.34. The maximum absolute atomic E-state index is 11.4. The quantitative estimate of drug-likeness (QED) is 0.927. The van der Waals surface area contributed by atoms with Crippen molar-refractivity contribution in [1.82, 2.24) is 10.3 Å². The number of nitrogens with zero attached hydrogens (tertiary/aromatic N) is 1. The molecule has 0 saturated heterocycles. The van der Waals surface area contributed by atoms with Crippen LogP contribution < -0.4 is 5.32 Å². The molecule has 0 bridgehead atoms. The summed E-state index contributed by atoms with van der Waals surface area (Å²) in [6.07, 6.45) is 3.28. The maximum atomic E-state index is 11.4. The van der Waals surface area contributed by atoms with Crippen LogP contribution in [0.1, 0.15) is 48.8 Å². The topological polar surface area (TPSA) is 59.1 Å². The number of sulfone groups is 1. The van der Waals surface area contributed by atoms with Crippen LogP contribution in [-0.2, 0) is 22.0 Å². The Balaban J connectivity index is 2.33. The minimum atomic E-state index is -3.01. The van der Waals surface area contributed by atoms with Crippen molar-refractivity contribution in [2.75, 3.05) is 12.8 Å². The van der Waals surface area contributed by atoms with Crippen molar-refractivity contribution in [3.63, 3.8) is 0 Å². The third kappa shape index (κ3) is 3.77. The van der Waals surface area contributed by atoms with Crippen molar-refractivity contribution in [1.29, 1.82) is 0 Å². The van der Waals surface area contributed by atoms with E-state index >= 15 is 0 Å². The lowest BCUT2D eigenvalue weighted by molar-refractivity contribution is 0.260. The SMILES string of the molecule is CCNC1CC(C)(C)Cc2nc(CS(C)(=O)=O)sc21. The smallest absolute Gasteiger partial charge is 0.153 e. The predicted octanol–water partition coefficient (Wildman–Crippen LogP) is 2.31. The lowest BCUT2D eigenvalue weighted by Gasteiger charge is -2.34. The van der Waals surface area contributed by atoms with Gasteiger partial charge in [0.2, 0.25) is 0 Å². The fourth-order valence-corrected chi connectivity index (χ4v) is 5.03. The van der Waals surface area contributed by atoms with Crippen molar-refractivity contribution in [2.24, 2.45) is 5.41 Å². The minimum Gasteiger partial charge on any atom is -0.309 e. The molecule has 0 amide bonds. The van der Waals surface area contributed by atoms with Crippen LogP contribution in [0.25, 0.3) is 0 Å². The van der Waals surface area contributed by atoms with E-state index in [4.69, 9.17) is 0 Å². The molecule has 108 valence electrons. The number of thiazole rings is 1. The van der Waals surface area contributed by atoms with Gasteiger partial charge in [0.05, 0.1) is 5.69 Å². The van der Waals surface area contributed by atoms with Crippen molar-refractivity contribution < 1.29 is 8.42 Å². The number of nitrogens with one attached hydrogen (secondary N) is 1. The zero-order chi connectivity index (χ0) is 14.3. The first-order chi connectivity index (χ1) is 8.70. The molecule has 1 aliphatic carbocycles. The average Bonchev–Trinajstić information content (AvgIpc) is 2.55. The second-order valence-corrected chi connectivity index (χ2v) is 9.40. The molecule has 1 aliphatic rings. The summed E-state index contributed by atoms with van der Waals surface area (Å²) >= 11 is 1.56. The van der Waals surface area contributed by atoms with E-state index in [1.54, 1.807) is 11.3 Å². The van der Waals surface area contributed by atoms with Crippen LogP contribution in [0.2, 0.25) is 0 Å². The lowest BCUT2D eigenvalue weighted by atomic mass is 9.76. The van der Waals surface area contributed by atoms with Crippen LogP contribution in [0.4, 0.5) is 0 Å². The largest absolute Gasteiger partial charge is 0.309 e. The van der Waals surface area contributed by atoms with Gasteiger partial charge in [-0.2, -0.15) is 0 Å². The van der Waals surface area contributed by atoms with E-state index in [9.17, 15) is 8.42 Å². The summed E-state index contributed by atoms with van der Waals surface area (Å²) in [4.78, 5) is 5.80. The molecule has 0 aliphatic heterocycles. The number of aromatic nitrogens is 1. The Morgan fingerprint density at radius 2 is 2.16 bits per heavy atom. The van der Waals surface area contributed by atoms with Gasteiger partial charge < -0.3 is 5.32 Å². The minimum absolute atomic E-state index is 0.0595. The number of hydrogen-bond donors (Lipinski definition) is 1. The molecular formula is C13H22N2O2S2. The third-order valence-electron chi connectivity index (χ3n) is 3.33. The first-order valence-corrected chi connectivity index (χ1v) is 9.47. The number of hydrogen-bond acceptors (Lipinski definition) is 5.